The highest BCUT2D eigenvalue weighted by Gasteiger charge is 2.31. The number of aromatic amines is 1. The number of carbonyl (C=O) groups is 1. The summed E-state index contributed by atoms with van der Waals surface area (Å²) in [6.07, 6.45) is 8.70. The highest BCUT2D eigenvalue weighted by atomic mass is 32.2. The van der Waals surface area contributed by atoms with Gasteiger partial charge in [-0.15, -0.1) is 0 Å². The largest absolute Gasteiger partial charge is 0.446 e. The Hall–Kier alpha value is -3.92. The van der Waals surface area contributed by atoms with E-state index >= 15 is 0 Å². The minimum Gasteiger partial charge on any atom is -0.332 e. The Morgan fingerprint density at radius 1 is 1.15 bits per heavy atom. The number of anilines is 1. The third-order valence-corrected chi connectivity index (χ3v) is 6.66. The zero-order valence-electron chi connectivity index (χ0n) is 23.0. The van der Waals surface area contributed by atoms with E-state index in [0.29, 0.717) is 29.2 Å². The summed E-state index contributed by atoms with van der Waals surface area (Å²) in [5.41, 5.74) is -2.40. The fourth-order valence-electron chi connectivity index (χ4n) is 3.83. The Bertz CT molecular complexity index is 1420. The maximum Gasteiger partial charge on any atom is 0.446 e. The Labute approximate surface area is 242 Å². The molecule has 2 aromatic heterocycles. The van der Waals surface area contributed by atoms with Gasteiger partial charge in [-0.2, -0.15) is 13.2 Å². The van der Waals surface area contributed by atoms with E-state index in [1.54, 1.807) is 30.5 Å². The number of piperazine rings is 1. The van der Waals surface area contributed by atoms with Gasteiger partial charge in [0, 0.05) is 67.5 Å². The highest BCUT2D eigenvalue weighted by Crippen LogP contribution is 2.40. The van der Waals surface area contributed by atoms with Gasteiger partial charge < -0.3 is 20.6 Å². The molecule has 0 aliphatic carbocycles. The van der Waals surface area contributed by atoms with Crippen LogP contribution < -0.4 is 5.32 Å². The summed E-state index contributed by atoms with van der Waals surface area (Å²) in [5, 5.41) is 9.69. The SMILES string of the molecule is CC.CN1CCN(Cc2ccc(NC(=O)c3cncc(C#Cc4cnc(/C=C\C=N)[nH]4)c3)cc2SC(F)(F)F)CC1. The molecule has 41 heavy (non-hydrogen) atoms. The molecule has 1 amide bonds. The van der Waals surface area contributed by atoms with Gasteiger partial charge in [0.1, 0.15) is 11.5 Å². The summed E-state index contributed by atoms with van der Waals surface area (Å²) in [5.74, 6) is 5.84. The molecule has 0 bridgehead atoms. The van der Waals surface area contributed by atoms with Crippen LogP contribution >= 0.6 is 11.8 Å². The predicted octanol–water partition coefficient (Wildman–Crippen LogP) is 5.51. The summed E-state index contributed by atoms with van der Waals surface area (Å²) in [6.45, 7) is 7.68. The van der Waals surface area contributed by atoms with E-state index < -0.39 is 11.4 Å². The number of benzene rings is 1. The number of likely N-dealkylation sites (N-methyl/N-ethyl adjacent to an activating group) is 1. The molecular weight excluding hydrogens is 551 g/mol. The van der Waals surface area contributed by atoms with Crippen LogP contribution in [0.15, 0.2) is 53.8 Å². The molecule has 3 N–H and O–H groups in total. The summed E-state index contributed by atoms with van der Waals surface area (Å²) >= 11 is -0.176. The number of halogens is 3. The Morgan fingerprint density at radius 3 is 2.61 bits per heavy atom. The Balaban J connectivity index is 0.00000226. The van der Waals surface area contributed by atoms with Gasteiger partial charge in [0.25, 0.3) is 5.91 Å². The third kappa shape index (κ3) is 10.2. The van der Waals surface area contributed by atoms with Gasteiger partial charge in [-0.05, 0) is 60.6 Å². The number of nitrogens with zero attached hydrogens (tertiary/aromatic N) is 4. The van der Waals surface area contributed by atoms with Gasteiger partial charge in [0.15, 0.2) is 0 Å². The number of aromatic nitrogens is 3. The van der Waals surface area contributed by atoms with E-state index in [1.165, 1.54) is 24.5 Å². The van der Waals surface area contributed by atoms with Crippen LogP contribution in [-0.4, -0.2) is 75.6 Å². The molecular formula is C29H32F3N7OS. The molecule has 12 heteroatoms. The lowest BCUT2D eigenvalue weighted by atomic mass is 10.1. The summed E-state index contributed by atoms with van der Waals surface area (Å²) in [4.78, 5) is 28.4. The molecule has 0 unspecified atom stereocenters. The summed E-state index contributed by atoms with van der Waals surface area (Å²) in [6, 6.07) is 6.16. The lowest BCUT2D eigenvalue weighted by Crippen LogP contribution is -2.43. The minimum atomic E-state index is -4.46. The number of thioether (sulfide) groups is 1. The smallest absolute Gasteiger partial charge is 0.332 e. The van der Waals surface area contributed by atoms with E-state index in [1.807, 2.05) is 20.9 Å². The van der Waals surface area contributed by atoms with Crippen LogP contribution in [0, 0.1) is 17.3 Å². The van der Waals surface area contributed by atoms with Gasteiger partial charge in [0.05, 0.1) is 11.8 Å². The third-order valence-electron chi connectivity index (χ3n) is 5.83. The van der Waals surface area contributed by atoms with Crippen LogP contribution in [0.3, 0.4) is 0 Å². The molecule has 1 saturated heterocycles. The van der Waals surface area contributed by atoms with Crippen molar-refractivity contribution in [1.29, 1.82) is 5.41 Å². The Kier molecular flexibility index (Phi) is 11.7. The van der Waals surface area contributed by atoms with Crippen molar-refractivity contribution in [3.05, 3.63) is 77.1 Å². The fraction of sp³-hybridized carbons (Fsp3) is 0.310. The zero-order valence-corrected chi connectivity index (χ0v) is 23.9. The second kappa shape index (κ2) is 15.2. The number of hydrogen-bond acceptors (Lipinski definition) is 7. The molecule has 0 saturated carbocycles. The molecule has 3 aromatic rings. The average Bonchev–Trinajstić information content (AvgIpc) is 3.41. The molecule has 1 aliphatic heterocycles. The maximum absolute atomic E-state index is 13.3. The van der Waals surface area contributed by atoms with Crippen LogP contribution in [0.25, 0.3) is 6.08 Å². The first-order chi connectivity index (χ1) is 19.7. The molecule has 216 valence electrons. The zero-order chi connectivity index (χ0) is 29.8. The lowest BCUT2D eigenvalue weighted by molar-refractivity contribution is -0.0328. The van der Waals surface area contributed by atoms with Crippen LogP contribution in [0.1, 0.15) is 46.9 Å². The quantitative estimate of drug-likeness (QED) is 0.193. The van der Waals surface area contributed by atoms with Crippen molar-refractivity contribution in [2.24, 2.45) is 0 Å². The monoisotopic (exact) mass is 583 g/mol. The number of H-pyrrole nitrogens is 1. The molecule has 1 fully saturated rings. The Morgan fingerprint density at radius 2 is 1.90 bits per heavy atom. The number of hydrogen-bond donors (Lipinski definition) is 3. The molecule has 8 nitrogen and oxygen atoms in total. The molecule has 1 aromatic carbocycles. The van der Waals surface area contributed by atoms with Gasteiger partial charge >= 0.3 is 5.51 Å². The molecule has 0 atom stereocenters. The number of alkyl halides is 3. The van der Waals surface area contributed by atoms with E-state index in [0.717, 1.165) is 32.4 Å². The van der Waals surface area contributed by atoms with Gasteiger partial charge in [-0.3, -0.25) is 14.7 Å². The second-order valence-electron chi connectivity index (χ2n) is 8.82. The van der Waals surface area contributed by atoms with Crippen molar-refractivity contribution >= 4 is 35.6 Å². The first-order valence-electron chi connectivity index (χ1n) is 13.0. The standard InChI is InChI=1S/C27H26F3N7OS.C2H6/c1-36-9-11-37(12-10-36)18-20-5-7-22(14-24(20)39-27(28,29)30)35-26(38)21-13-19(15-32-16-21)4-6-23-17-33-25(34-23)3-2-8-31;1-2/h2-3,5,7-8,13-17,31H,9-12,18H2,1H3,(H,33,34)(H,35,38);1-2H3/b3-2-,31-8?;. The minimum absolute atomic E-state index is 0.0614. The van der Waals surface area contributed by atoms with Gasteiger partial charge in [-0.1, -0.05) is 25.8 Å². The highest BCUT2D eigenvalue weighted by molar-refractivity contribution is 8.00. The second-order valence-corrected chi connectivity index (χ2v) is 9.93. The van der Waals surface area contributed by atoms with Crippen molar-refractivity contribution in [1.82, 2.24) is 24.8 Å². The number of allylic oxidation sites excluding steroid dienone is 1. The van der Waals surface area contributed by atoms with Gasteiger partial charge in [-0.25, -0.2) is 4.98 Å². The number of pyridine rings is 1. The lowest BCUT2D eigenvalue weighted by Gasteiger charge is -2.32. The first-order valence-corrected chi connectivity index (χ1v) is 13.8. The fourth-order valence-corrected chi connectivity index (χ4v) is 4.53. The first kappa shape index (κ1) is 31.6. The van der Waals surface area contributed by atoms with Gasteiger partial charge in [0.2, 0.25) is 0 Å². The average molecular weight is 584 g/mol. The van der Waals surface area contributed by atoms with Crippen LogP contribution in [0.5, 0.6) is 0 Å². The molecule has 0 radical (unpaired) electrons. The molecule has 0 spiro atoms. The number of carbonyl (C=O) groups excluding carboxylic acids is 1. The number of rotatable bonds is 7. The van der Waals surface area contributed by atoms with Crippen LogP contribution in [0.4, 0.5) is 18.9 Å². The van der Waals surface area contributed by atoms with E-state index in [-0.39, 0.29) is 27.9 Å². The van der Waals surface area contributed by atoms with E-state index in [4.69, 9.17) is 5.41 Å². The van der Waals surface area contributed by atoms with E-state index in [2.05, 4.69) is 41.9 Å². The van der Waals surface area contributed by atoms with Crippen molar-refractivity contribution < 1.29 is 18.0 Å². The summed E-state index contributed by atoms with van der Waals surface area (Å²) in [7, 11) is 2.02. The molecule has 4 rings (SSSR count). The van der Waals surface area contributed by atoms with E-state index in [9.17, 15) is 18.0 Å². The van der Waals surface area contributed by atoms with Crippen LogP contribution in [-0.2, 0) is 6.54 Å². The normalized spacial score (nSPS) is 14.1. The molecule has 3 heterocycles. The van der Waals surface area contributed by atoms with Crippen molar-refractivity contribution in [2.45, 2.75) is 30.8 Å². The summed E-state index contributed by atoms with van der Waals surface area (Å²) < 4.78 is 40.0. The van der Waals surface area contributed by atoms with Crippen LogP contribution in [0.2, 0.25) is 0 Å². The van der Waals surface area contributed by atoms with Crippen molar-refractivity contribution in [2.75, 3.05) is 38.5 Å². The number of nitrogens with one attached hydrogen (secondary N) is 3. The predicted molar refractivity (Wildman–Crippen MR) is 157 cm³/mol. The maximum atomic E-state index is 13.3. The number of imidazole rings is 1. The van der Waals surface area contributed by atoms with Crippen molar-refractivity contribution in [3.8, 4) is 11.8 Å². The molecule has 1 aliphatic rings. The number of amides is 1. The van der Waals surface area contributed by atoms with Crippen molar-refractivity contribution in [3.63, 3.8) is 0 Å². The topological polar surface area (TPSA) is 101 Å².